The molecule has 0 radical (unpaired) electrons. The largest absolute Gasteiger partial charge is 0.493 e. The van der Waals surface area contributed by atoms with E-state index in [-0.39, 0.29) is 29.6 Å². The quantitative estimate of drug-likeness (QED) is 0.619. The number of nitrogens with one attached hydrogen (secondary N) is 1. The van der Waals surface area contributed by atoms with Crippen LogP contribution in [-0.4, -0.2) is 30.5 Å². The summed E-state index contributed by atoms with van der Waals surface area (Å²) in [5.41, 5.74) is 1.04. The molecular weight excluding hydrogens is 324 g/mol. The molecule has 24 heavy (non-hydrogen) atoms. The van der Waals surface area contributed by atoms with E-state index in [0.717, 1.165) is 0 Å². The summed E-state index contributed by atoms with van der Waals surface area (Å²) in [6, 6.07) is 5.60. The molecule has 0 saturated heterocycles. The second kappa shape index (κ2) is 7.58. The Morgan fingerprint density at radius 2 is 1.96 bits per heavy atom. The van der Waals surface area contributed by atoms with E-state index in [1.165, 1.54) is 44.5 Å². The molecule has 0 fully saturated rings. The zero-order chi connectivity index (χ0) is 17.7. The van der Waals surface area contributed by atoms with Crippen molar-refractivity contribution in [3.63, 3.8) is 0 Å². The first-order valence-corrected chi connectivity index (χ1v) is 6.89. The molecule has 8 heteroatoms. The van der Waals surface area contributed by atoms with Crippen LogP contribution in [0.4, 0.5) is 8.78 Å². The van der Waals surface area contributed by atoms with Crippen LogP contribution >= 0.6 is 0 Å². The van der Waals surface area contributed by atoms with Gasteiger partial charge < -0.3 is 19.2 Å². The lowest BCUT2D eigenvalue weighted by atomic mass is 10.2. The number of aromatic nitrogens is 1. The highest BCUT2D eigenvalue weighted by Crippen LogP contribution is 2.29. The average molecular weight is 339 g/mol. The number of rotatable bonds is 7. The molecule has 1 N–H and O–H groups in total. The van der Waals surface area contributed by atoms with Crippen molar-refractivity contribution in [1.82, 2.24) is 4.98 Å². The molecule has 0 spiro atoms. The number of H-pyrrole nitrogens is 1. The van der Waals surface area contributed by atoms with Crippen molar-refractivity contribution in [2.45, 2.75) is 20.1 Å². The number of carbonyl (C=O) groups excluding carboxylic acids is 2. The van der Waals surface area contributed by atoms with Crippen molar-refractivity contribution in [1.29, 1.82) is 0 Å². The third kappa shape index (κ3) is 4.31. The minimum absolute atomic E-state index is 0.0986. The average Bonchev–Trinajstić information content (AvgIpc) is 3.03. The molecule has 0 aliphatic heterocycles. The minimum Gasteiger partial charge on any atom is -0.493 e. The third-order valence-corrected chi connectivity index (χ3v) is 3.12. The number of hydrogen-bond acceptors (Lipinski definition) is 5. The highest BCUT2D eigenvalue weighted by Gasteiger charge is 2.14. The van der Waals surface area contributed by atoms with Crippen LogP contribution in [-0.2, 0) is 11.3 Å². The lowest BCUT2D eigenvalue weighted by Gasteiger charge is -2.11. The highest BCUT2D eigenvalue weighted by molar-refractivity contribution is 5.97. The Morgan fingerprint density at radius 3 is 2.54 bits per heavy atom. The van der Waals surface area contributed by atoms with Gasteiger partial charge in [0.05, 0.1) is 7.11 Å². The standard InChI is InChI=1S/C16H15F2NO5/c1-9(20)11-6-12(19-7-11)15(21)23-8-10-3-4-13(24-16(17)18)14(5-10)22-2/h3-7,16,19H,8H2,1-2H3. The molecule has 0 aliphatic carbocycles. The van der Waals surface area contributed by atoms with Gasteiger partial charge in [0.15, 0.2) is 17.3 Å². The van der Waals surface area contributed by atoms with E-state index in [1.54, 1.807) is 0 Å². The smallest absolute Gasteiger partial charge is 0.387 e. The number of ether oxygens (including phenoxy) is 3. The first kappa shape index (κ1) is 17.5. The topological polar surface area (TPSA) is 77.6 Å². The second-order valence-corrected chi connectivity index (χ2v) is 4.80. The van der Waals surface area contributed by atoms with E-state index in [1.807, 2.05) is 0 Å². The maximum absolute atomic E-state index is 12.3. The molecular formula is C16H15F2NO5. The van der Waals surface area contributed by atoms with E-state index in [4.69, 9.17) is 9.47 Å². The van der Waals surface area contributed by atoms with Gasteiger partial charge in [-0.1, -0.05) is 6.07 Å². The van der Waals surface area contributed by atoms with E-state index >= 15 is 0 Å². The summed E-state index contributed by atoms with van der Waals surface area (Å²) in [4.78, 5) is 25.7. The summed E-state index contributed by atoms with van der Waals surface area (Å²) in [6.45, 7) is -1.68. The van der Waals surface area contributed by atoms with Gasteiger partial charge in [0, 0.05) is 11.8 Å². The number of aromatic amines is 1. The Bertz CT molecular complexity index is 742. The fourth-order valence-electron chi connectivity index (χ4n) is 1.94. The summed E-state index contributed by atoms with van der Waals surface area (Å²) in [6.07, 6.45) is 1.42. The van der Waals surface area contributed by atoms with Gasteiger partial charge in [0.2, 0.25) is 0 Å². The number of Topliss-reactive ketones (excluding diaryl/α,β-unsaturated/α-hetero) is 1. The Balaban J connectivity index is 2.02. The number of benzene rings is 1. The molecule has 0 atom stereocenters. The lowest BCUT2D eigenvalue weighted by Crippen LogP contribution is -2.07. The Morgan fingerprint density at radius 1 is 1.21 bits per heavy atom. The predicted molar refractivity (Wildman–Crippen MR) is 79.5 cm³/mol. The molecule has 2 aromatic rings. The Hall–Kier alpha value is -2.90. The first-order valence-electron chi connectivity index (χ1n) is 6.89. The molecule has 0 aliphatic rings. The van der Waals surface area contributed by atoms with Crippen LogP contribution < -0.4 is 9.47 Å². The number of esters is 1. The minimum atomic E-state index is -2.97. The van der Waals surface area contributed by atoms with Gasteiger partial charge in [-0.3, -0.25) is 4.79 Å². The lowest BCUT2D eigenvalue weighted by molar-refractivity contribution is -0.0512. The summed E-state index contributed by atoms with van der Waals surface area (Å²) < 4.78 is 38.9. The molecule has 1 aromatic carbocycles. The van der Waals surface area contributed by atoms with Gasteiger partial charge in [-0.25, -0.2) is 4.79 Å². The summed E-state index contributed by atoms with van der Waals surface area (Å²) >= 11 is 0. The predicted octanol–water partition coefficient (Wildman–Crippen LogP) is 3.18. The number of halogens is 2. The van der Waals surface area contributed by atoms with Crippen LogP contribution in [0, 0.1) is 0 Å². The molecule has 2 rings (SSSR count). The molecule has 0 amide bonds. The molecule has 6 nitrogen and oxygen atoms in total. The molecule has 1 heterocycles. The normalized spacial score (nSPS) is 10.5. The van der Waals surface area contributed by atoms with E-state index < -0.39 is 12.6 Å². The second-order valence-electron chi connectivity index (χ2n) is 4.80. The number of ketones is 1. The summed E-state index contributed by atoms with van der Waals surface area (Å²) in [5.74, 6) is -0.834. The monoisotopic (exact) mass is 339 g/mol. The third-order valence-electron chi connectivity index (χ3n) is 3.12. The molecule has 0 bridgehead atoms. The van der Waals surface area contributed by atoms with Crippen molar-refractivity contribution in [3.05, 3.63) is 47.3 Å². The molecule has 0 unspecified atom stereocenters. The Labute approximate surface area is 136 Å². The highest BCUT2D eigenvalue weighted by atomic mass is 19.3. The maximum Gasteiger partial charge on any atom is 0.387 e. The van der Waals surface area contributed by atoms with Crippen LogP contribution in [0.25, 0.3) is 0 Å². The summed E-state index contributed by atoms with van der Waals surface area (Å²) in [7, 11) is 1.31. The van der Waals surface area contributed by atoms with Crippen molar-refractivity contribution >= 4 is 11.8 Å². The molecule has 0 saturated carbocycles. The van der Waals surface area contributed by atoms with Gasteiger partial charge in [-0.15, -0.1) is 0 Å². The van der Waals surface area contributed by atoms with Gasteiger partial charge in [0.25, 0.3) is 0 Å². The SMILES string of the molecule is COc1cc(COC(=O)c2cc(C(C)=O)c[nH]2)ccc1OC(F)F. The van der Waals surface area contributed by atoms with E-state index in [0.29, 0.717) is 11.1 Å². The van der Waals surface area contributed by atoms with Crippen LogP contribution in [0.5, 0.6) is 11.5 Å². The van der Waals surface area contributed by atoms with Crippen LogP contribution in [0.15, 0.2) is 30.5 Å². The van der Waals surface area contributed by atoms with Crippen molar-refractivity contribution in [2.75, 3.05) is 7.11 Å². The summed E-state index contributed by atoms with van der Waals surface area (Å²) in [5, 5.41) is 0. The van der Waals surface area contributed by atoms with Gasteiger partial charge in [-0.05, 0) is 30.7 Å². The zero-order valence-electron chi connectivity index (χ0n) is 13.0. The fourth-order valence-corrected chi connectivity index (χ4v) is 1.94. The van der Waals surface area contributed by atoms with Gasteiger partial charge in [-0.2, -0.15) is 8.78 Å². The van der Waals surface area contributed by atoms with Crippen molar-refractivity contribution in [3.8, 4) is 11.5 Å². The van der Waals surface area contributed by atoms with Crippen molar-refractivity contribution < 1.29 is 32.6 Å². The van der Waals surface area contributed by atoms with Crippen LogP contribution in [0.1, 0.15) is 33.3 Å². The molecule has 1 aromatic heterocycles. The fraction of sp³-hybridized carbons (Fsp3) is 0.250. The number of hydrogen-bond donors (Lipinski definition) is 1. The zero-order valence-corrected chi connectivity index (χ0v) is 13.0. The first-order chi connectivity index (χ1) is 11.4. The van der Waals surface area contributed by atoms with Crippen LogP contribution in [0.3, 0.4) is 0 Å². The van der Waals surface area contributed by atoms with E-state index in [9.17, 15) is 18.4 Å². The van der Waals surface area contributed by atoms with Crippen LogP contribution in [0.2, 0.25) is 0 Å². The number of carbonyl (C=O) groups is 2. The van der Waals surface area contributed by atoms with Gasteiger partial charge >= 0.3 is 12.6 Å². The van der Waals surface area contributed by atoms with Gasteiger partial charge in [0.1, 0.15) is 12.3 Å². The Kier molecular flexibility index (Phi) is 5.51. The maximum atomic E-state index is 12.3. The number of alkyl halides is 2. The molecule has 128 valence electrons. The van der Waals surface area contributed by atoms with E-state index in [2.05, 4.69) is 9.72 Å². The number of methoxy groups -OCH3 is 1. The van der Waals surface area contributed by atoms with Crippen molar-refractivity contribution in [2.24, 2.45) is 0 Å².